The highest BCUT2D eigenvalue weighted by Gasteiger charge is 2.23. The van der Waals surface area contributed by atoms with Crippen molar-refractivity contribution in [3.63, 3.8) is 0 Å². The van der Waals surface area contributed by atoms with Crippen molar-refractivity contribution < 1.29 is 14.3 Å². The molecule has 0 radical (unpaired) electrons. The number of methoxy groups -OCH3 is 1. The average Bonchev–Trinajstić information content (AvgIpc) is 3.03. The number of benzene rings is 1. The molecule has 1 fully saturated rings. The first-order valence-electron chi connectivity index (χ1n) is 7.56. The smallest absolute Gasteiger partial charge is 0.319 e. The second-order valence-corrected chi connectivity index (χ2v) is 5.37. The number of hydrogen-bond acceptors (Lipinski definition) is 3. The summed E-state index contributed by atoms with van der Waals surface area (Å²) >= 11 is 0. The number of nitrogens with zero attached hydrogens (tertiary/aromatic N) is 1. The molecule has 1 aromatic carbocycles. The zero-order valence-electron chi connectivity index (χ0n) is 13.1. The van der Waals surface area contributed by atoms with Gasteiger partial charge >= 0.3 is 6.03 Å². The predicted octanol–water partition coefficient (Wildman–Crippen LogP) is 2.00. The summed E-state index contributed by atoms with van der Waals surface area (Å²) in [6.45, 7) is 4.31. The highest BCUT2D eigenvalue weighted by Crippen LogP contribution is 2.23. The van der Waals surface area contributed by atoms with Crippen molar-refractivity contribution in [3.05, 3.63) is 29.3 Å². The summed E-state index contributed by atoms with van der Waals surface area (Å²) in [4.78, 5) is 26.4. The first-order chi connectivity index (χ1) is 10.6. The number of carbonyl (C=O) groups is 2. The molecule has 120 valence electrons. The number of urea groups is 1. The Morgan fingerprint density at radius 3 is 2.68 bits per heavy atom. The molecule has 0 spiro atoms. The van der Waals surface area contributed by atoms with Gasteiger partial charge in [0.25, 0.3) is 5.91 Å². The maximum atomic E-state index is 12.6. The van der Waals surface area contributed by atoms with Gasteiger partial charge < -0.3 is 20.3 Å². The van der Waals surface area contributed by atoms with Gasteiger partial charge in [-0.05, 0) is 31.4 Å². The zero-order chi connectivity index (χ0) is 15.9. The minimum Gasteiger partial charge on any atom is -0.383 e. The number of para-hydroxylation sites is 1. The molecule has 2 N–H and O–H groups in total. The molecule has 0 aliphatic carbocycles. The Morgan fingerprint density at radius 2 is 2.00 bits per heavy atom. The van der Waals surface area contributed by atoms with E-state index in [2.05, 4.69) is 10.6 Å². The average molecular weight is 305 g/mol. The van der Waals surface area contributed by atoms with Crippen LogP contribution in [0.15, 0.2) is 18.2 Å². The number of aryl methyl sites for hydroxylation is 1. The quantitative estimate of drug-likeness (QED) is 0.817. The third-order valence-electron chi connectivity index (χ3n) is 3.73. The monoisotopic (exact) mass is 305 g/mol. The Labute approximate surface area is 130 Å². The van der Waals surface area contributed by atoms with E-state index in [0.29, 0.717) is 24.4 Å². The molecule has 3 amide bonds. The van der Waals surface area contributed by atoms with Crippen molar-refractivity contribution in [1.82, 2.24) is 10.2 Å². The summed E-state index contributed by atoms with van der Waals surface area (Å²) in [5, 5.41) is 5.48. The molecule has 1 saturated heterocycles. The van der Waals surface area contributed by atoms with Crippen LogP contribution in [0.25, 0.3) is 0 Å². The van der Waals surface area contributed by atoms with Crippen molar-refractivity contribution in [2.24, 2.45) is 0 Å². The fraction of sp³-hybridized carbons (Fsp3) is 0.500. The van der Waals surface area contributed by atoms with Gasteiger partial charge in [0.15, 0.2) is 0 Å². The minimum absolute atomic E-state index is 0.0200. The maximum absolute atomic E-state index is 12.6. The number of hydrogen-bond donors (Lipinski definition) is 2. The molecule has 0 aromatic heterocycles. The molecule has 2 rings (SSSR count). The molecular weight excluding hydrogens is 282 g/mol. The van der Waals surface area contributed by atoms with Gasteiger partial charge in [-0.2, -0.15) is 0 Å². The van der Waals surface area contributed by atoms with Crippen molar-refractivity contribution in [3.8, 4) is 0 Å². The van der Waals surface area contributed by atoms with E-state index in [9.17, 15) is 9.59 Å². The molecule has 22 heavy (non-hydrogen) atoms. The van der Waals surface area contributed by atoms with Crippen molar-refractivity contribution in [2.75, 3.05) is 38.7 Å². The van der Waals surface area contributed by atoms with Gasteiger partial charge in [0, 0.05) is 26.7 Å². The summed E-state index contributed by atoms with van der Waals surface area (Å²) in [5.41, 5.74) is 1.99. The molecule has 0 unspecified atom stereocenters. The number of ether oxygens (including phenoxy) is 1. The predicted molar refractivity (Wildman–Crippen MR) is 85.2 cm³/mol. The molecule has 6 nitrogen and oxygen atoms in total. The number of anilines is 1. The van der Waals surface area contributed by atoms with Crippen LogP contribution in [0.5, 0.6) is 0 Å². The van der Waals surface area contributed by atoms with Gasteiger partial charge in [0.1, 0.15) is 0 Å². The topological polar surface area (TPSA) is 70.7 Å². The van der Waals surface area contributed by atoms with Crippen LogP contribution >= 0.6 is 0 Å². The maximum Gasteiger partial charge on any atom is 0.319 e. The Bertz CT molecular complexity index is 539. The van der Waals surface area contributed by atoms with Crippen molar-refractivity contribution in [2.45, 2.75) is 19.8 Å². The molecule has 1 heterocycles. The van der Waals surface area contributed by atoms with Crippen LogP contribution in [0.2, 0.25) is 0 Å². The lowest BCUT2D eigenvalue weighted by Crippen LogP contribution is -2.33. The van der Waals surface area contributed by atoms with E-state index in [4.69, 9.17) is 4.74 Å². The van der Waals surface area contributed by atoms with Gasteiger partial charge in [-0.3, -0.25) is 4.79 Å². The van der Waals surface area contributed by atoms with Crippen LogP contribution in [-0.2, 0) is 4.74 Å². The van der Waals surface area contributed by atoms with Crippen molar-refractivity contribution in [1.29, 1.82) is 0 Å². The van der Waals surface area contributed by atoms with Gasteiger partial charge in [-0.25, -0.2) is 4.79 Å². The molecule has 1 aromatic rings. The molecule has 0 saturated carbocycles. The van der Waals surface area contributed by atoms with Gasteiger partial charge in [0.2, 0.25) is 0 Å². The van der Waals surface area contributed by atoms with E-state index < -0.39 is 0 Å². The van der Waals surface area contributed by atoms with Crippen molar-refractivity contribution >= 4 is 17.6 Å². The van der Waals surface area contributed by atoms with E-state index in [-0.39, 0.29) is 11.9 Å². The van der Waals surface area contributed by atoms with Gasteiger partial charge in [0.05, 0.1) is 17.9 Å². The Kier molecular flexibility index (Phi) is 5.77. The first-order valence-corrected chi connectivity index (χ1v) is 7.56. The number of carbonyl (C=O) groups excluding carboxylic acids is 2. The fourth-order valence-corrected chi connectivity index (χ4v) is 2.53. The second kappa shape index (κ2) is 7.79. The second-order valence-electron chi connectivity index (χ2n) is 5.37. The van der Waals surface area contributed by atoms with Gasteiger partial charge in [-0.15, -0.1) is 0 Å². The standard InChI is InChI=1S/C16H23N3O3/c1-12-6-5-7-13(15(20)19-9-3-4-10-19)14(12)18-16(21)17-8-11-22-2/h5-7H,3-4,8-11H2,1-2H3,(H2,17,18,21). The van der Waals surface area contributed by atoms with Crippen LogP contribution in [-0.4, -0.2) is 50.2 Å². The zero-order valence-corrected chi connectivity index (χ0v) is 13.1. The van der Waals surface area contributed by atoms with E-state index >= 15 is 0 Å². The molecular formula is C16H23N3O3. The number of nitrogens with one attached hydrogen (secondary N) is 2. The van der Waals surface area contributed by atoms with E-state index in [1.54, 1.807) is 13.2 Å². The molecule has 1 aliphatic heterocycles. The van der Waals surface area contributed by atoms with E-state index in [1.807, 2.05) is 24.0 Å². The Hall–Kier alpha value is -2.08. The SMILES string of the molecule is COCCNC(=O)Nc1c(C)cccc1C(=O)N1CCCC1. The minimum atomic E-state index is -0.332. The van der Waals surface area contributed by atoms with Crippen LogP contribution in [0.1, 0.15) is 28.8 Å². The lowest BCUT2D eigenvalue weighted by Gasteiger charge is -2.19. The Balaban J connectivity index is 2.12. The highest BCUT2D eigenvalue weighted by atomic mass is 16.5. The molecule has 0 atom stereocenters. The summed E-state index contributed by atoms with van der Waals surface area (Å²) in [5.74, 6) is -0.0200. The van der Waals surface area contributed by atoms with E-state index in [0.717, 1.165) is 31.5 Å². The Morgan fingerprint density at radius 1 is 1.27 bits per heavy atom. The van der Waals surface area contributed by atoms with Crippen LogP contribution in [0, 0.1) is 6.92 Å². The van der Waals surface area contributed by atoms with Crippen LogP contribution < -0.4 is 10.6 Å². The molecule has 0 bridgehead atoms. The summed E-state index contributed by atoms with van der Waals surface area (Å²) in [6.07, 6.45) is 2.08. The third kappa shape index (κ3) is 3.98. The highest BCUT2D eigenvalue weighted by molar-refractivity contribution is 6.04. The van der Waals surface area contributed by atoms with Crippen LogP contribution in [0.4, 0.5) is 10.5 Å². The normalized spacial score (nSPS) is 14.0. The number of likely N-dealkylation sites (tertiary alicyclic amines) is 1. The molecule has 6 heteroatoms. The first kappa shape index (κ1) is 16.3. The largest absolute Gasteiger partial charge is 0.383 e. The number of amides is 3. The van der Waals surface area contributed by atoms with E-state index in [1.165, 1.54) is 0 Å². The third-order valence-corrected chi connectivity index (χ3v) is 3.73. The summed E-state index contributed by atoms with van der Waals surface area (Å²) in [7, 11) is 1.58. The number of rotatable bonds is 5. The fourth-order valence-electron chi connectivity index (χ4n) is 2.53. The summed E-state index contributed by atoms with van der Waals surface area (Å²) in [6, 6.07) is 5.15. The molecule has 1 aliphatic rings. The summed E-state index contributed by atoms with van der Waals surface area (Å²) < 4.78 is 4.89. The van der Waals surface area contributed by atoms with Gasteiger partial charge in [-0.1, -0.05) is 12.1 Å². The lowest BCUT2D eigenvalue weighted by atomic mass is 10.1. The lowest BCUT2D eigenvalue weighted by molar-refractivity contribution is 0.0794. The van der Waals surface area contributed by atoms with Crippen LogP contribution in [0.3, 0.4) is 0 Å².